The van der Waals surface area contributed by atoms with Crippen LogP contribution in [0.1, 0.15) is 24.1 Å². The van der Waals surface area contributed by atoms with Crippen LogP contribution in [0.5, 0.6) is 0 Å². The molecule has 0 bridgehead atoms. The molecule has 0 saturated heterocycles. The molecule has 0 N–H and O–H groups in total. The number of aryl methyl sites for hydroxylation is 1. The van der Waals surface area contributed by atoms with Crippen LogP contribution in [0.25, 0.3) is 11.5 Å². The first kappa shape index (κ1) is 10.4. The van der Waals surface area contributed by atoms with Gasteiger partial charge in [0.2, 0.25) is 11.7 Å². The van der Waals surface area contributed by atoms with Gasteiger partial charge in [-0.05, 0) is 6.42 Å². The average Bonchev–Trinajstić information content (AvgIpc) is 2.84. The Kier molecular flexibility index (Phi) is 2.86. The molecule has 5 nitrogen and oxygen atoms in total. The van der Waals surface area contributed by atoms with E-state index in [9.17, 15) is 0 Å². The summed E-state index contributed by atoms with van der Waals surface area (Å²) in [5.41, 5.74) is 0.848. The molecule has 0 fully saturated rings. The van der Waals surface area contributed by atoms with Gasteiger partial charge in [-0.2, -0.15) is 4.98 Å². The summed E-state index contributed by atoms with van der Waals surface area (Å²) >= 11 is 3.46. The maximum atomic E-state index is 5.15. The average molecular weight is 271 g/mol. The van der Waals surface area contributed by atoms with Crippen molar-refractivity contribution in [3.63, 3.8) is 0 Å². The van der Waals surface area contributed by atoms with Gasteiger partial charge in [0.05, 0.1) is 17.4 Å². The zero-order valence-electron chi connectivity index (χ0n) is 8.51. The highest BCUT2D eigenvalue weighted by atomic mass is 79.9. The van der Waals surface area contributed by atoms with Gasteiger partial charge in [0.1, 0.15) is 5.69 Å². The molecule has 0 aliphatic carbocycles. The Morgan fingerprint density at radius 1 is 1.60 bits per heavy atom. The van der Waals surface area contributed by atoms with Crippen molar-refractivity contribution in [2.75, 3.05) is 0 Å². The lowest BCUT2D eigenvalue weighted by molar-refractivity contribution is 0.376. The molecule has 0 aliphatic rings. The molecule has 2 aromatic heterocycles. The molecule has 2 aromatic rings. The zero-order valence-corrected chi connectivity index (χ0v) is 10.1. The van der Waals surface area contributed by atoms with E-state index in [1.54, 1.807) is 12.5 Å². The maximum Gasteiger partial charge on any atom is 0.240 e. The fraction of sp³-hybridized carbons (Fsp3) is 0.444. The number of rotatable bonds is 3. The molecule has 0 amide bonds. The summed E-state index contributed by atoms with van der Waals surface area (Å²) in [7, 11) is 1.89. The lowest BCUT2D eigenvalue weighted by Gasteiger charge is -1.96. The fourth-order valence-electron chi connectivity index (χ4n) is 1.21. The minimum absolute atomic E-state index is 0.118. The van der Waals surface area contributed by atoms with Gasteiger partial charge < -0.3 is 9.09 Å². The Balaban J connectivity index is 2.32. The van der Waals surface area contributed by atoms with Crippen molar-refractivity contribution in [3.8, 4) is 11.5 Å². The van der Waals surface area contributed by atoms with Gasteiger partial charge in [-0.15, -0.1) is 0 Å². The standard InChI is InChI=1S/C9H11BrN4O/c1-3-6(10)9-12-8(13-15-9)7-4-11-5-14(7)2/h4-6H,3H2,1-2H3. The predicted molar refractivity (Wildman–Crippen MR) is 58.5 cm³/mol. The number of nitrogens with zero attached hydrogens (tertiary/aromatic N) is 4. The van der Waals surface area contributed by atoms with E-state index in [1.165, 1.54) is 0 Å². The van der Waals surface area contributed by atoms with Crippen molar-refractivity contribution >= 4 is 15.9 Å². The summed E-state index contributed by atoms with van der Waals surface area (Å²) in [6, 6.07) is 0. The Hall–Kier alpha value is -1.17. The van der Waals surface area contributed by atoms with Crippen LogP contribution in [-0.4, -0.2) is 19.7 Å². The van der Waals surface area contributed by atoms with Gasteiger partial charge in [0, 0.05) is 7.05 Å². The minimum Gasteiger partial charge on any atom is -0.338 e. The number of aromatic nitrogens is 4. The summed E-state index contributed by atoms with van der Waals surface area (Å²) in [6.45, 7) is 2.05. The van der Waals surface area contributed by atoms with Crippen LogP contribution in [0.2, 0.25) is 0 Å². The van der Waals surface area contributed by atoms with E-state index in [2.05, 4.69) is 31.1 Å². The highest BCUT2D eigenvalue weighted by Crippen LogP contribution is 2.26. The number of imidazole rings is 1. The van der Waals surface area contributed by atoms with Crippen LogP contribution in [0.4, 0.5) is 0 Å². The molecule has 0 spiro atoms. The Bertz CT molecular complexity index is 450. The SMILES string of the molecule is CCC(Br)c1nc(-c2cncn2C)no1. The molecular formula is C9H11BrN4O. The van der Waals surface area contributed by atoms with Crippen molar-refractivity contribution < 1.29 is 4.52 Å². The summed E-state index contributed by atoms with van der Waals surface area (Å²) in [5.74, 6) is 1.18. The van der Waals surface area contributed by atoms with Crippen LogP contribution in [0, 0.1) is 0 Å². The molecule has 0 radical (unpaired) electrons. The molecule has 6 heteroatoms. The Morgan fingerprint density at radius 2 is 2.40 bits per heavy atom. The molecule has 0 saturated carbocycles. The number of hydrogen-bond acceptors (Lipinski definition) is 4. The first-order valence-electron chi connectivity index (χ1n) is 4.66. The molecule has 15 heavy (non-hydrogen) atoms. The lowest BCUT2D eigenvalue weighted by atomic mass is 10.3. The van der Waals surface area contributed by atoms with E-state index in [0.29, 0.717) is 11.7 Å². The molecule has 80 valence electrons. The zero-order chi connectivity index (χ0) is 10.8. The second-order valence-corrected chi connectivity index (χ2v) is 4.33. The van der Waals surface area contributed by atoms with E-state index in [1.807, 2.05) is 18.5 Å². The third kappa shape index (κ3) is 1.94. The van der Waals surface area contributed by atoms with Crippen molar-refractivity contribution in [2.45, 2.75) is 18.2 Å². The largest absolute Gasteiger partial charge is 0.338 e. The first-order valence-corrected chi connectivity index (χ1v) is 5.58. The second-order valence-electron chi connectivity index (χ2n) is 3.22. The summed E-state index contributed by atoms with van der Waals surface area (Å²) in [4.78, 5) is 8.42. The fourth-order valence-corrected chi connectivity index (χ4v) is 1.40. The van der Waals surface area contributed by atoms with E-state index in [-0.39, 0.29) is 4.83 Å². The van der Waals surface area contributed by atoms with E-state index < -0.39 is 0 Å². The van der Waals surface area contributed by atoms with E-state index in [0.717, 1.165) is 12.1 Å². The quantitative estimate of drug-likeness (QED) is 0.804. The van der Waals surface area contributed by atoms with E-state index >= 15 is 0 Å². The summed E-state index contributed by atoms with van der Waals surface area (Å²) in [6.07, 6.45) is 4.33. The molecule has 0 aromatic carbocycles. The van der Waals surface area contributed by atoms with Crippen LogP contribution in [-0.2, 0) is 7.05 Å². The third-order valence-electron chi connectivity index (χ3n) is 2.11. The molecule has 2 heterocycles. The second kappa shape index (κ2) is 4.14. The Labute approximate surface area is 95.6 Å². The van der Waals surface area contributed by atoms with Crippen molar-refractivity contribution in [3.05, 3.63) is 18.4 Å². The van der Waals surface area contributed by atoms with Gasteiger partial charge in [-0.3, -0.25) is 0 Å². The highest BCUT2D eigenvalue weighted by molar-refractivity contribution is 9.09. The summed E-state index contributed by atoms with van der Waals surface area (Å²) in [5, 5.41) is 3.91. The van der Waals surface area contributed by atoms with Crippen molar-refractivity contribution in [1.29, 1.82) is 0 Å². The Morgan fingerprint density at radius 3 is 3.00 bits per heavy atom. The van der Waals surface area contributed by atoms with Gasteiger partial charge in [0.25, 0.3) is 0 Å². The van der Waals surface area contributed by atoms with Crippen LogP contribution >= 0.6 is 15.9 Å². The molecular weight excluding hydrogens is 260 g/mol. The lowest BCUT2D eigenvalue weighted by Crippen LogP contribution is -1.92. The number of alkyl halides is 1. The minimum atomic E-state index is 0.118. The molecule has 0 aliphatic heterocycles. The highest BCUT2D eigenvalue weighted by Gasteiger charge is 2.16. The molecule has 1 unspecified atom stereocenters. The monoisotopic (exact) mass is 270 g/mol. The first-order chi connectivity index (χ1) is 7.22. The van der Waals surface area contributed by atoms with Crippen LogP contribution < -0.4 is 0 Å². The summed E-state index contributed by atoms with van der Waals surface area (Å²) < 4.78 is 7.00. The van der Waals surface area contributed by atoms with Gasteiger partial charge in [-0.1, -0.05) is 28.0 Å². The number of hydrogen-bond donors (Lipinski definition) is 0. The van der Waals surface area contributed by atoms with Crippen LogP contribution in [0.15, 0.2) is 17.0 Å². The van der Waals surface area contributed by atoms with Gasteiger partial charge >= 0.3 is 0 Å². The third-order valence-corrected chi connectivity index (χ3v) is 3.15. The molecule has 2 rings (SSSR count). The van der Waals surface area contributed by atoms with Crippen molar-refractivity contribution in [1.82, 2.24) is 19.7 Å². The maximum absolute atomic E-state index is 5.15. The molecule has 1 atom stereocenters. The van der Waals surface area contributed by atoms with E-state index in [4.69, 9.17) is 4.52 Å². The number of halogens is 1. The predicted octanol–water partition coefficient (Wildman–Crippen LogP) is 2.32. The smallest absolute Gasteiger partial charge is 0.240 e. The van der Waals surface area contributed by atoms with Crippen LogP contribution in [0.3, 0.4) is 0 Å². The van der Waals surface area contributed by atoms with Crippen molar-refractivity contribution in [2.24, 2.45) is 7.05 Å². The topological polar surface area (TPSA) is 56.7 Å². The van der Waals surface area contributed by atoms with Gasteiger partial charge in [-0.25, -0.2) is 4.98 Å². The van der Waals surface area contributed by atoms with Gasteiger partial charge in [0.15, 0.2) is 0 Å². The normalized spacial score (nSPS) is 13.0.